The number of Topliss-reactive ketones (excluding diaryl/α,β-unsaturated/α-hetero) is 1. The summed E-state index contributed by atoms with van der Waals surface area (Å²) in [4.78, 5) is 30.4. The van der Waals surface area contributed by atoms with Crippen LogP contribution in [-0.4, -0.2) is 41.7 Å². The van der Waals surface area contributed by atoms with Crippen molar-refractivity contribution in [2.75, 3.05) is 13.1 Å². The summed E-state index contributed by atoms with van der Waals surface area (Å²) in [7, 11) is 0. The SMILES string of the molecule is C[C@]12CC[C@H]3[C@@H](CC(N=O)[C@@]4(O)C=C(NO[C@@H]5CCNC5)CC[C@]34C)[C@@H]1CCC2=O. The Balaban J connectivity index is 1.43. The number of hydrogen-bond donors (Lipinski definition) is 3. The van der Waals surface area contributed by atoms with E-state index in [-0.39, 0.29) is 17.4 Å². The standard InChI is InChI=1S/C23H35N3O4/c1-21-8-6-18-16(17(21)3-4-20(21)27)11-19(25-29)23(28)12-14(5-9-22(18,23)2)26-30-15-7-10-24-13-15/h12,15-19,24,26,28H,3-11,13H2,1-2H3/t15-,16+,17+,18+,19?,21+,22-,23+/m1/s1. The molecule has 7 nitrogen and oxygen atoms in total. The van der Waals surface area contributed by atoms with E-state index in [2.05, 4.69) is 29.8 Å². The van der Waals surface area contributed by atoms with Crippen molar-refractivity contribution in [2.24, 2.45) is 33.8 Å². The third-order valence-corrected chi connectivity index (χ3v) is 9.69. The van der Waals surface area contributed by atoms with E-state index in [0.717, 1.165) is 57.3 Å². The number of rotatable bonds is 4. The Morgan fingerprint density at radius 2 is 2.03 bits per heavy atom. The van der Waals surface area contributed by atoms with E-state index in [0.29, 0.717) is 30.5 Å². The van der Waals surface area contributed by atoms with Crippen LogP contribution in [0, 0.1) is 33.5 Å². The number of aliphatic hydroxyl groups is 1. The van der Waals surface area contributed by atoms with Gasteiger partial charge in [-0.2, -0.15) is 4.91 Å². The molecule has 8 atom stereocenters. The van der Waals surface area contributed by atoms with Crippen LogP contribution in [0.3, 0.4) is 0 Å². The number of nitrogens with zero attached hydrogens (tertiary/aromatic N) is 1. The second kappa shape index (κ2) is 7.10. The Morgan fingerprint density at radius 1 is 1.20 bits per heavy atom. The summed E-state index contributed by atoms with van der Waals surface area (Å²) < 4.78 is 0. The van der Waals surface area contributed by atoms with Gasteiger partial charge in [0.1, 0.15) is 17.4 Å². The summed E-state index contributed by atoms with van der Waals surface area (Å²) in [6.45, 7) is 6.06. The zero-order valence-corrected chi connectivity index (χ0v) is 18.2. The van der Waals surface area contributed by atoms with Crippen molar-refractivity contribution in [3.8, 4) is 0 Å². The van der Waals surface area contributed by atoms with Crippen LogP contribution in [-0.2, 0) is 9.63 Å². The molecule has 3 saturated carbocycles. The maximum absolute atomic E-state index is 12.6. The van der Waals surface area contributed by atoms with Crippen LogP contribution in [0.25, 0.3) is 0 Å². The smallest absolute Gasteiger partial charge is 0.139 e. The molecule has 0 spiro atoms. The van der Waals surface area contributed by atoms with Crippen LogP contribution in [0.1, 0.15) is 65.2 Å². The second-order valence-corrected chi connectivity index (χ2v) is 10.9. The minimum Gasteiger partial charge on any atom is -0.383 e. The topological polar surface area (TPSA) is 100 Å². The first-order valence-corrected chi connectivity index (χ1v) is 11.7. The van der Waals surface area contributed by atoms with Gasteiger partial charge in [0, 0.05) is 29.5 Å². The first kappa shape index (κ1) is 20.6. The number of nitrogens with one attached hydrogen (secondary N) is 2. The summed E-state index contributed by atoms with van der Waals surface area (Å²) in [5.74, 6) is 1.30. The van der Waals surface area contributed by atoms with Crippen molar-refractivity contribution in [1.82, 2.24) is 10.8 Å². The van der Waals surface area contributed by atoms with Crippen LogP contribution in [0.4, 0.5) is 0 Å². The zero-order valence-electron chi connectivity index (χ0n) is 18.2. The average molecular weight is 418 g/mol. The largest absolute Gasteiger partial charge is 0.383 e. The van der Waals surface area contributed by atoms with E-state index in [4.69, 9.17) is 4.84 Å². The molecule has 0 aromatic heterocycles. The van der Waals surface area contributed by atoms with E-state index in [9.17, 15) is 14.8 Å². The van der Waals surface area contributed by atoms with Gasteiger partial charge in [0.25, 0.3) is 0 Å². The summed E-state index contributed by atoms with van der Waals surface area (Å²) in [5.41, 5.74) is 1.99. The van der Waals surface area contributed by atoms with Gasteiger partial charge in [-0.15, -0.1) is 0 Å². The molecule has 1 heterocycles. The van der Waals surface area contributed by atoms with Crippen molar-refractivity contribution in [1.29, 1.82) is 0 Å². The summed E-state index contributed by atoms with van der Waals surface area (Å²) in [6.07, 6.45) is 8.50. The highest BCUT2D eigenvalue weighted by Crippen LogP contribution is 2.66. The molecule has 0 aromatic carbocycles. The molecule has 30 heavy (non-hydrogen) atoms. The fourth-order valence-electron chi connectivity index (χ4n) is 7.76. The summed E-state index contributed by atoms with van der Waals surface area (Å²) in [6, 6.07) is -0.688. The molecular weight excluding hydrogens is 382 g/mol. The molecule has 166 valence electrons. The summed E-state index contributed by atoms with van der Waals surface area (Å²) >= 11 is 0. The Hall–Kier alpha value is -1.31. The molecular formula is C23H35N3O4. The fraction of sp³-hybridized carbons (Fsp3) is 0.870. The number of carbonyl (C=O) groups excluding carboxylic acids is 1. The van der Waals surface area contributed by atoms with Gasteiger partial charge in [0.15, 0.2) is 0 Å². The van der Waals surface area contributed by atoms with Gasteiger partial charge in [-0.1, -0.05) is 19.0 Å². The highest BCUT2D eigenvalue weighted by molar-refractivity contribution is 5.87. The maximum atomic E-state index is 12.6. The van der Waals surface area contributed by atoms with E-state index in [1.165, 1.54) is 0 Å². The lowest BCUT2D eigenvalue weighted by Gasteiger charge is -2.62. The van der Waals surface area contributed by atoms with Crippen molar-refractivity contribution < 1.29 is 14.7 Å². The first-order chi connectivity index (χ1) is 14.3. The highest BCUT2D eigenvalue weighted by Gasteiger charge is 2.67. The van der Waals surface area contributed by atoms with E-state index in [1.807, 2.05) is 6.08 Å². The molecule has 4 fully saturated rings. The lowest BCUT2D eigenvalue weighted by atomic mass is 9.43. The number of hydrogen-bond acceptors (Lipinski definition) is 7. The molecule has 0 radical (unpaired) electrons. The third kappa shape index (κ3) is 2.77. The van der Waals surface area contributed by atoms with Crippen molar-refractivity contribution in [3.63, 3.8) is 0 Å². The summed E-state index contributed by atoms with van der Waals surface area (Å²) in [5, 5.41) is 18.7. The first-order valence-electron chi connectivity index (χ1n) is 11.7. The monoisotopic (exact) mass is 417 g/mol. The molecule has 1 saturated heterocycles. The minimum atomic E-state index is -1.27. The van der Waals surface area contributed by atoms with E-state index >= 15 is 0 Å². The minimum absolute atomic E-state index is 0.125. The Bertz CT molecular complexity index is 766. The number of hydroxylamine groups is 1. The van der Waals surface area contributed by atoms with Crippen LogP contribution < -0.4 is 10.8 Å². The van der Waals surface area contributed by atoms with Gasteiger partial charge in [0.05, 0.1) is 6.10 Å². The van der Waals surface area contributed by atoms with Gasteiger partial charge in [-0.3, -0.25) is 15.1 Å². The molecule has 4 aliphatic carbocycles. The molecule has 1 unspecified atom stereocenters. The second-order valence-electron chi connectivity index (χ2n) is 10.9. The molecule has 7 heteroatoms. The van der Waals surface area contributed by atoms with Gasteiger partial charge in [0.2, 0.25) is 0 Å². The van der Waals surface area contributed by atoms with E-state index in [1.54, 1.807) is 0 Å². The quantitative estimate of drug-likeness (QED) is 0.480. The Labute approximate surface area is 178 Å². The van der Waals surface area contributed by atoms with Crippen LogP contribution in [0.15, 0.2) is 16.9 Å². The van der Waals surface area contributed by atoms with Crippen molar-refractivity contribution in [3.05, 3.63) is 16.7 Å². The number of carbonyl (C=O) groups is 1. The molecule has 0 bridgehead atoms. The van der Waals surface area contributed by atoms with Gasteiger partial charge < -0.3 is 10.4 Å². The Morgan fingerprint density at radius 3 is 2.77 bits per heavy atom. The molecule has 5 aliphatic rings. The number of fused-ring (bicyclic) bond motifs is 5. The maximum Gasteiger partial charge on any atom is 0.139 e. The lowest BCUT2D eigenvalue weighted by molar-refractivity contribution is -0.179. The lowest BCUT2D eigenvalue weighted by Crippen LogP contribution is -2.66. The number of allylic oxidation sites excluding steroid dienone is 1. The van der Waals surface area contributed by atoms with E-state index < -0.39 is 17.1 Å². The van der Waals surface area contributed by atoms with Gasteiger partial charge in [-0.05, 0) is 75.3 Å². The highest BCUT2D eigenvalue weighted by atomic mass is 16.7. The normalized spacial score (nSPS) is 50.3. The van der Waals surface area contributed by atoms with Crippen molar-refractivity contribution >= 4 is 5.78 Å². The third-order valence-electron chi connectivity index (χ3n) is 9.69. The Kier molecular flexibility index (Phi) is 4.88. The zero-order chi connectivity index (χ0) is 21.1. The fourth-order valence-corrected chi connectivity index (χ4v) is 7.76. The predicted molar refractivity (Wildman–Crippen MR) is 112 cm³/mol. The van der Waals surface area contributed by atoms with Gasteiger partial charge in [-0.25, -0.2) is 0 Å². The van der Waals surface area contributed by atoms with Gasteiger partial charge >= 0.3 is 0 Å². The average Bonchev–Trinajstić information content (AvgIpc) is 3.35. The predicted octanol–water partition coefficient (Wildman–Crippen LogP) is 2.83. The molecule has 3 N–H and O–H groups in total. The number of ketones is 1. The van der Waals surface area contributed by atoms with Crippen molar-refractivity contribution in [2.45, 2.75) is 83.0 Å². The van der Waals surface area contributed by atoms with Crippen LogP contribution in [0.5, 0.6) is 0 Å². The number of nitroso groups, excluding NO2 is 1. The van der Waals surface area contributed by atoms with Crippen LogP contribution >= 0.6 is 0 Å². The molecule has 5 rings (SSSR count). The molecule has 0 amide bonds. The molecule has 0 aromatic rings. The van der Waals surface area contributed by atoms with Crippen LogP contribution in [0.2, 0.25) is 0 Å². The molecule has 1 aliphatic heterocycles.